The Morgan fingerprint density at radius 3 is 2.89 bits per heavy atom. The van der Waals surface area contributed by atoms with Gasteiger partial charge in [-0.3, -0.25) is 4.79 Å². The monoisotopic (exact) mass is 433 g/mol. The second-order valence-corrected chi connectivity index (χ2v) is 9.03. The van der Waals surface area contributed by atoms with E-state index in [0.717, 1.165) is 25.0 Å². The fourth-order valence-corrected chi connectivity index (χ4v) is 5.63. The summed E-state index contributed by atoms with van der Waals surface area (Å²) in [6.07, 6.45) is 3.03. The van der Waals surface area contributed by atoms with E-state index in [0.29, 0.717) is 22.3 Å². The van der Waals surface area contributed by atoms with Gasteiger partial charge in [-0.25, -0.2) is 9.18 Å². The molecule has 2 fully saturated rings. The average Bonchev–Trinajstić information content (AvgIpc) is 3.14. The third kappa shape index (κ3) is 5.00. The topological polar surface area (TPSA) is 70.2 Å². The molecule has 5 nitrogen and oxygen atoms in total. The number of hydrogen-bond acceptors (Lipinski definition) is 3. The van der Waals surface area contributed by atoms with Crippen LogP contribution in [0.5, 0.6) is 0 Å². The van der Waals surface area contributed by atoms with Gasteiger partial charge in [0.1, 0.15) is 5.82 Å². The van der Waals surface area contributed by atoms with Crippen LogP contribution >= 0.6 is 35.0 Å². The van der Waals surface area contributed by atoms with Crippen molar-refractivity contribution in [2.24, 2.45) is 0 Å². The first kappa shape index (κ1) is 20.6. The van der Waals surface area contributed by atoms with Crippen molar-refractivity contribution in [3.8, 4) is 0 Å². The maximum absolute atomic E-state index is 13.6. The first-order valence-electron chi connectivity index (χ1n) is 8.97. The molecule has 2 aliphatic rings. The minimum absolute atomic E-state index is 0.0389. The molecule has 2 heterocycles. The average molecular weight is 434 g/mol. The summed E-state index contributed by atoms with van der Waals surface area (Å²) >= 11 is 13.7. The summed E-state index contributed by atoms with van der Waals surface area (Å²) in [6.45, 7) is 1.76. The maximum atomic E-state index is 13.6. The number of hydrogen-bond donors (Lipinski definition) is 3. The van der Waals surface area contributed by atoms with E-state index in [2.05, 4.69) is 16.0 Å². The molecule has 0 radical (unpaired) electrons. The number of halogens is 3. The normalized spacial score (nSPS) is 24.9. The van der Waals surface area contributed by atoms with E-state index in [1.165, 1.54) is 12.1 Å². The Morgan fingerprint density at radius 2 is 2.11 bits per heavy atom. The van der Waals surface area contributed by atoms with Crippen LogP contribution in [-0.4, -0.2) is 35.0 Å². The highest BCUT2D eigenvalue weighted by Gasteiger charge is 2.42. The van der Waals surface area contributed by atoms with E-state index in [4.69, 9.17) is 23.2 Å². The number of unbranched alkanes of at least 4 members (excludes halogenated alkanes) is 1. The molecular formula is C18H22Cl2FN3O2S. The van der Waals surface area contributed by atoms with Crippen LogP contribution in [0.1, 0.15) is 44.2 Å². The third-order valence-electron chi connectivity index (χ3n) is 4.96. The van der Waals surface area contributed by atoms with E-state index in [1.807, 2.05) is 11.8 Å². The quantitative estimate of drug-likeness (QED) is 0.345. The minimum Gasteiger partial charge on any atom is -0.350 e. The van der Waals surface area contributed by atoms with E-state index in [1.54, 1.807) is 6.92 Å². The highest BCUT2D eigenvalue weighted by Crippen LogP contribution is 2.33. The van der Waals surface area contributed by atoms with Crippen molar-refractivity contribution in [2.45, 2.75) is 56.0 Å². The smallest absolute Gasteiger partial charge is 0.315 e. The summed E-state index contributed by atoms with van der Waals surface area (Å²) in [7, 11) is 0. The zero-order valence-electron chi connectivity index (χ0n) is 14.9. The van der Waals surface area contributed by atoms with Crippen molar-refractivity contribution in [3.05, 3.63) is 33.6 Å². The molecule has 0 aliphatic carbocycles. The van der Waals surface area contributed by atoms with Crippen LogP contribution in [0.2, 0.25) is 10.0 Å². The Bertz CT molecular complexity index is 737. The van der Waals surface area contributed by atoms with Crippen LogP contribution in [0.25, 0.3) is 0 Å². The second-order valence-electron chi connectivity index (χ2n) is 6.94. The van der Waals surface area contributed by atoms with Crippen LogP contribution in [0.15, 0.2) is 12.1 Å². The van der Waals surface area contributed by atoms with E-state index >= 15 is 0 Å². The Kier molecular flexibility index (Phi) is 6.76. The van der Waals surface area contributed by atoms with Gasteiger partial charge in [0.15, 0.2) is 0 Å². The number of urea groups is 1. The zero-order chi connectivity index (χ0) is 19.6. The molecule has 0 saturated carbocycles. The molecule has 0 aromatic heterocycles. The molecule has 9 heteroatoms. The summed E-state index contributed by atoms with van der Waals surface area (Å²) in [5, 5.41) is 9.43. The van der Waals surface area contributed by atoms with Crippen LogP contribution in [0.3, 0.4) is 0 Å². The van der Waals surface area contributed by atoms with Crippen molar-refractivity contribution in [1.29, 1.82) is 0 Å². The Balaban J connectivity index is 1.40. The standard InChI is InChI=1S/C18H22Cl2FN3O2S/c1-9(10-6-13(21)12(20)7-11(10)19)22-16(25)5-3-2-4-15-17-14(8-27-15)23-18(26)24-17/h6-7,9,14-15,17H,2-5,8H2,1H3,(H,22,25)(H2,23,24,26)/t9-,14+,15+,17+/m1/s1. The van der Waals surface area contributed by atoms with Crippen LogP contribution < -0.4 is 16.0 Å². The van der Waals surface area contributed by atoms with Crippen molar-refractivity contribution in [3.63, 3.8) is 0 Å². The van der Waals surface area contributed by atoms with Crippen molar-refractivity contribution >= 4 is 46.9 Å². The van der Waals surface area contributed by atoms with Gasteiger partial charge in [-0.05, 0) is 37.5 Å². The number of fused-ring (bicyclic) bond motifs is 1. The van der Waals surface area contributed by atoms with E-state index < -0.39 is 11.9 Å². The predicted octanol–water partition coefficient (Wildman–Crippen LogP) is 4.04. The van der Waals surface area contributed by atoms with Gasteiger partial charge in [-0.1, -0.05) is 29.6 Å². The van der Waals surface area contributed by atoms with E-state index in [-0.39, 0.29) is 29.0 Å². The predicted molar refractivity (Wildman–Crippen MR) is 107 cm³/mol. The zero-order valence-corrected chi connectivity index (χ0v) is 17.2. The Hall–Kier alpha value is -1.18. The van der Waals surface area contributed by atoms with Crippen molar-refractivity contribution in [1.82, 2.24) is 16.0 Å². The lowest BCUT2D eigenvalue weighted by Crippen LogP contribution is -2.36. The Labute approximate surface area is 172 Å². The summed E-state index contributed by atoms with van der Waals surface area (Å²) in [5.74, 6) is 0.282. The number of amides is 3. The summed E-state index contributed by atoms with van der Waals surface area (Å²) < 4.78 is 13.6. The number of carbonyl (C=O) groups excluding carboxylic acids is 2. The summed E-state index contributed by atoms with van der Waals surface area (Å²) in [6, 6.07) is 2.54. The minimum atomic E-state index is -0.557. The lowest BCUT2D eigenvalue weighted by atomic mass is 10.0. The van der Waals surface area contributed by atoms with Crippen molar-refractivity contribution < 1.29 is 14.0 Å². The second kappa shape index (κ2) is 8.88. The van der Waals surface area contributed by atoms with Gasteiger partial charge in [0, 0.05) is 22.4 Å². The van der Waals surface area contributed by atoms with Gasteiger partial charge in [-0.2, -0.15) is 11.8 Å². The molecule has 148 valence electrons. The lowest BCUT2D eigenvalue weighted by Gasteiger charge is -2.17. The molecular weight excluding hydrogens is 412 g/mol. The van der Waals surface area contributed by atoms with Gasteiger partial charge in [-0.15, -0.1) is 0 Å². The Morgan fingerprint density at radius 1 is 1.33 bits per heavy atom. The number of carbonyl (C=O) groups is 2. The summed E-state index contributed by atoms with van der Waals surface area (Å²) in [4.78, 5) is 23.5. The van der Waals surface area contributed by atoms with Crippen LogP contribution in [-0.2, 0) is 4.79 Å². The first-order chi connectivity index (χ1) is 12.8. The van der Waals surface area contributed by atoms with Crippen molar-refractivity contribution in [2.75, 3.05) is 5.75 Å². The highest BCUT2D eigenvalue weighted by atomic mass is 35.5. The molecule has 0 unspecified atom stereocenters. The number of nitrogens with one attached hydrogen (secondary N) is 3. The van der Waals surface area contributed by atoms with Gasteiger partial charge in [0.25, 0.3) is 0 Å². The molecule has 27 heavy (non-hydrogen) atoms. The third-order valence-corrected chi connectivity index (χ3v) is 7.09. The number of rotatable bonds is 7. The largest absolute Gasteiger partial charge is 0.350 e. The van der Waals surface area contributed by atoms with Crippen LogP contribution in [0.4, 0.5) is 9.18 Å². The van der Waals surface area contributed by atoms with Gasteiger partial charge >= 0.3 is 6.03 Å². The molecule has 1 aromatic carbocycles. The molecule has 2 aliphatic heterocycles. The molecule has 3 rings (SSSR count). The summed E-state index contributed by atoms with van der Waals surface area (Å²) in [5.41, 5.74) is 0.504. The molecule has 0 spiro atoms. The number of thioether (sulfide) groups is 1. The molecule has 2 saturated heterocycles. The molecule has 1 aromatic rings. The van der Waals surface area contributed by atoms with Gasteiger partial charge < -0.3 is 16.0 Å². The van der Waals surface area contributed by atoms with Gasteiger partial charge in [0.05, 0.1) is 23.1 Å². The number of benzene rings is 1. The molecule has 4 atom stereocenters. The maximum Gasteiger partial charge on any atom is 0.315 e. The molecule has 3 N–H and O–H groups in total. The van der Waals surface area contributed by atoms with Crippen LogP contribution in [0, 0.1) is 5.82 Å². The fraction of sp³-hybridized carbons (Fsp3) is 0.556. The molecule has 3 amide bonds. The SMILES string of the molecule is C[C@@H](NC(=O)CCCC[C@@H]1SC[C@@H]2NC(=O)N[C@@H]21)c1cc(F)c(Cl)cc1Cl. The lowest BCUT2D eigenvalue weighted by molar-refractivity contribution is -0.121. The molecule has 0 bridgehead atoms. The van der Waals surface area contributed by atoms with Gasteiger partial charge in [0.2, 0.25) is 5.91 Å². The fourth-order valence-electron chi connectivity index (χ4n) is 3.54. The van der Waals surface area contributed by atoms with E-state index in [9.17, 15) is 14.0 Å². The highest BCUT2D eigenvalue weighted by molar-refractivity contribution is 8.00. The first-order valence-corrected chi connectivity index (χ1v) is 10.8.